The smallest absolute Gasteiger partial charge is 0.371 e. The average molecular weight is 274 g/mol. The van der Waals surface area contributed by atoms with Gasteiger partial charge in [-0.15, -0.1) is 0 Å². The molecule has 0 spiro atoms. The topological polar surface area (TPSA) is 65.7 Å². The van der Waals surface area contributed by atoms with E-state index >= 15 is 0 Å². The van der Waals surface area contributed by atoms with Crippen LogP contribution in [0.3, 0.4) is 0 Å². The molecule has 1 unspecified atom stereocenters. The van der Waals surface area contributed by atoms with Gasteiger partial charge in [-0.05, 0) is 37.3 Å². The zero-order valence-corrected chi connectivity index (χ0v) is 11.8. The van der Waals surface area contributed by atoms with E-state index in [4.69, 9.17) is 9.52 Å². The molecule has 1 aromatic carbocycles. The molecule has 5 nitrogen and oxygen atoms in total. The van der Waals surface area contributed by atoms with Crippen molar-refractivity contribution in [1.82, 2.24) is 0 Å². The van der Waals surface area contributed by atoms with Crippen LogP contribution in [0.5, 0.6) is 0 Å². The lowest BCUT2D eigenvalue weighted by molar-refractivity contribution is 0.0660. The highest BCUT2D eigenvalue weighted by atomic mass is 16.4. The first kappa shape index (κ1) is 14.0. The Balaban J connectivity index is 2.12. The highest BCUT2D eigenvalue weighted by molar-refractivity contribution is 5.84. The van der Waals surface area contributed by atoms with Crippen LogP contribution < -0.4 is 10.2 Å². The Kier molecular flexibility index (Phi) is 3.98. The zero-order chi connectivity index (χ0) is 14.7. The number of carboxylic acid groups (broad SMARTS) is 1. The summed E-state index contributed by atoms with van der Waals surface area (Å²) >= 11 is 0. The summed E-state index contributed by atoms with van der Waals surface area (Å²) < 4.78 is 5.28. The molecule has 0 aliphatic rings. The predicted molar refractivity (Wildman–Crippen MR) is 78.5 cm³/mol. The monoisotopic (exact) mass is 274 g/mol. The van der Waals surface area contributed by atoms with Crippen molar-refractivity contribution in [2.45, 2.75) is 13.0 Å². The van der Waals surface area contributed by atoms with Crippen molar-refractivity contribution in [2.75, 3.05) is 24.3 Å². The minimum Gasteiger partial charge on any atom is -0.475 e. The van der Waals surface area contributed by atoms with Gasteiger partial charge in [-0.3, -0.25) is 0 Å². The normalized spacial score (nSPS) is 11.9. The minimum atomic E-state index is -1.06. The van der Waals surface area contributed by atoms with Gasteiger partial charge in [0.05, 0.1) is 6.04 Å². The second-order valence-electron chi connectivity index (χ2n) is 4.82. The average Bonchev–Trinajstić information content (AvgIpc) is 2.88. The zero-order valence-electron chi connectivity index (χ0n) is 11.8. The van der Waals surface area contributed by atoms with Crippen molar-refractivity contribution in [3.8, 4) is 0 Å². The van der Waals surface area contributed by atoms with Gasteiger partial charge < -0.3 is 19.7 Å². The molecule has 0 aliphatic heterocycles. The molecule has 1 heterocycles. The van der Waals surface area contributed by atoms with Gasteiger partial charge in [-0.25, -0.2) is 4.79 Å². The second kappa shape index (κ2) is 5.69. The number of aromatic carboxylic acids is 1. The Bertz CT molecular complexity index is 605. The Hall–Kier alpha value is -2.43. The number of furan rings is 1. The molecule has 1 atom stereocenters. The largest absolute Gasteiger partial charge is 0.475 e. The quantitative estimate of drug-likeness (QED) is 0.876. The van der Waals surface area contributed by atoms with Gasteiger partial charge in [0.25, 0.3) is 0 Å². The van der Waals surface area contributed by atoms with E-state index in [2.05, 4.69) is 5.32 Å². The van der Waals surface area contributed by atoms with E-state index in [1.165, 1.54) is 6.07 Å². The first-order chi connectivity index (χ1) is 9.47. The molecule has 0 fully saturated rings. The Morgan fingerprint density at radius 1 is 1.30 bits per heavy atom. The molecule has 1 aromatic heterocycles. The van der Waals surface area contributed by atoms with Gasteiger partial charge in [-0.1, -0.05) is 6.07 Å². The number of carboxylic acids is 1. The fourth-order valence-electron chi connectivity index (χ4n) is 1.90. The summed E-state index contributed by atoms with van der Waals surface area (Å²) in [6.45, 7) is 1.92. The molecule has 0 saturated heterocycles. The number of anilines is 2. The third kappa shape index (κ3) is 3.12. The van der Waals surface area contributed by atoms with E-state index in [1.54, 1.807) is 6.07 Å². The summed E-state index contributed by atoms with van der Waals surface area (Å²) in [6.07, 6.45) is 0. The number of carbonyl (C=O) groups is 1. The van der Waals surface area contributed by atoms with Crippen LogP contribution in [0, 0.1) is 0 Å². The van der Waals surface area contributed by atoms with Crippen molar-refractivity contribution in [3.05, 3.63) is 47.9 Å². The first-order valence-corrected chi connectivity index (χ1v) is 6.34. The van der Waals surface area contributed by atoms with Crippen LogP contribution in [0.15, 0.2) is 40.8 Å². The molecule has 0 saturated carbocycles. The molecule has 5 heteroatoms. The summed E-state index contributed by atoms with van der Waals surface area (Å²) in [7, 11) is 3.96. The van der Waals surface area contributed by atoms with E-state index in [9.17, 15) is 4.79 Å². The van der Waals surface area contributed by atoms with Gasteiger partial charge in [0.15, 0.2) is 0 Å². The van der Waals surface area contributed by atoms with Gasteiger partial charge in [-0.2, -0.15) is 0 Å². The van der Waals surface area contributed by atoms with Crippen molar-refractivity contribution >= 4 is 17.3 Å². The fraction of sp³-hybridized carbons (Fsp3) is 0.267. The van der Waals surface area contributed by atoms with Crippen LogP contribution in [0.4, 0.5) is 11.4 Å². The second-order valence-corrected chi connectivity index (χ2v) is 4.82. The van der Waals surface area contributed by atoms with Crippen LogP contribution in [0.25, 0.3) is 0 Å². The lowest BCUT2D eigenvalue weighted by Crippen LogP contribution is -2.10. The standard InChI is InChI=1S/C15H18N2O3/c1-10(13-7-8-14(20-13)15(18)19)16-11-5-4-6-12(9-11)17(2)3/h4-10,16H,1-3H3,(H,18,19). The first-order valence-electron chi connectivity index (χ1n) is 6.34. The predicted octanol–water partition coefficient (Wildman–Crippen LogP) is 3.22. The van der Waals surface area contributed by atoms with Crippen molar-refractivity contribution < 1.29 is 14.3 Å². The lowest BCUT2D eigenvalue weighted by Gasteiger charge is -2.17. The third-order valence-corrected chi connectivity index (χ3v) is 3.01. The maximum atomic E-state index is 10.8. The maximum absolute atomic E-state index is 10.8. The van der Waals surface area contributed by atoms with Gasteiger partial charge >= 0.3 is 5.97 Å². The summed E-state index contributed by atoms with van der Waals surface area (Å²) in [4.78, 5) is 12.8. The molecule has 20 heavy (non-hydrogen) atoms. The Morgan fingerprint density at radius 2 is 2.05 bits per heavy atom. The molecule has 2 rings (SSSR count). The number of hydrogen-bond donors (Lipinski definition) is 2. The minimum absolute atomic E-state index is 0.0457. The van der Waals surface area contributed by atoms with E-state index < -0.39 is 5.97 Å². The number of rotatable bonds is 5. The lowest BCUT2D eigenvalue weighted by atomic mass is 10.2. The maximum Gasteiger partial charge on any atom is 0.371 e. The highest BCUT2D eigenvalue weighted by Crippen LogP contribution is 2.24. The van der Waals surface area contributed by atoms with Crippen molar-refractivity contribution in [2.24, 2.45) is 0 Å². The molecule has 0 bridgehead atoms. The van der Waals surface area contributed by atoms with Crippen LogP contribution in [0.2, 0.25) is 0 Å². The van der Waals surface area contributed by atoms with E-state index in [0.717, 1.165) is 11.4 Å². The van der Waals surface area contributed by atoms with Gasteiger partial charge in [0.1, 0.15) is 5.76 Å². The van der Waals surface area contributed by atoms with Crippen molar-refractivity contribution in [1.29, 1.82) is 0 Å². The van der Waals surface area contributed by atoms with Gasteiger partial charge in [0.2, 0.25) is 5.76 Å². The molecular formula is C15H18N2O3. The SMILES string of the molecule is CC(Nc1cccc(N(C)C)c1)c1ccc(C(=O)O)o1. The summed E-state index contributed by atoms with van der Waals surface area (Å²) in [5.41, 5.74) is 2.05. The Morgan fingerprint density at radius 3 is 2.65 bits per heavy atom. The summed E-state index contributed by atoms with van der Waals surface area (Å²) in [5, 5.41) is 12.1. The van der Waals surface area contributed by atoms with Gasteiger partial charge in [0, 0.05) is 25.5 Å². The molecule has 0 amide bonds. The van der Waals surface area contributed by atoms with E-state index in [-0.39, 0.29) is 11.8 Å². The summed E-state index contributed by atoms with van der Waals surface area (Å²) in [6, 6.07) is 11.0. The molecule has 0 radical (unpaired) electrons. The molecule has 0 aliphatic carbocycles. The Labute approximate surface area is 117 Å². The fourth-order valence-corrected chi connectivity index (χ4v) is 1.90. The van der Waals surface area contributed by atoms with Crippen LogP contribution in [-0.4, -0.2) is 25.2 Å². The van der Waals surface area contributed by atoms with Crippen LogP contribution in [-0.2, 0) is 0 Å². The number of nitrogens with one attached hydrogen (secondary N) is 1. The van der Waals surface area contributed by atoms with Crippen LogP contribution in [0.1, 0.15) is 29.3 Å². The van der Waals surface area contributed by atoms with Crippen molar-refractivity contribution in [3.63, 3.8) is 0 Å². The number of nitrogens with zero attached hydrogens (tertiary/aromatic N) is 1. The van der Waals surface area contributed by atoms with Crippen LogP contribution >= 0.6 is 0 Å². The number of benzene rings is 1. The molecule has 2 aromatic rings. The summed E-state index contributed by atoms with van der Waals surface area (Å²) in [5.74, 6) is -0.508. The number of hydrogen-bond acceptors (Lipinski definition) is 4. The highest BCUT2D eigenvalue weighted by Gasteiger charge is 2.14. The van der Waals surface area contributed by atoms with E-state index in [0.29, 0.717) is 5.76 Å². The molecular weight excluding hydrogens is 256 g/mol. The third-order valence-electron chi connectivity index (χ3n) is 3.01. The van der Waals surface area contributed by atoms with E-state index in [1.807, 2.05) is 50.2 Å². The molecule has 106 valence electrons. The molecule has 2 N–H and O–H groups in total.